The molecule has 1 atom stereocenters. The van der Waals surface area contributed by atoms with Crippen LogP contribution in [0.5, 0.6) is 0 Å². The number of amides is 1. The molecule has 3 nitrogen and oxygen atoms in total. The summed E-state index contributed by atoms with van der Waals surface area (Å²) in [5.74, 6) is 0.0975. The number of hydrogen-bond acceptors (Lipinski definition) is 2. The molecule has 0 spiro atoms. The van der Waals surface area contributed by atoms with E-state index in [0.29, 0.717) is 12.8 Å². The molecule has 1 amide bonds. The normalized spacial score (nSPS) is 20.6. The molecule has 24 heavy (non-hydrogen) atoms. The molecule has 4 rings (SSSR count). The van der Waals surface area contributed by atoms with Gasteiger partial charge in [0, 0.05) is 30.0 Å². The Morgan fingerprint density at radius 2 is 1.54 bits per heavy atom. The van der Waals surface area contributed by atoms with Crippen molar-refractivity contribution in [2.45, 2.75) is 31.6 Å². The lowest BCUT2D eigenvalue weighted by Gasteiger charge is -2.31. The second-order valence-corrected chi connectivity index (χ2v) is 6.46. The van der Waals surface area contributed by atoms with Crippen molar-refractivity contribution in [2.24, 2.45) is 0 Å². The molecule has 0 saturated heterocycles. The Kier molecular flexibility index (Phi) is 3.77. The summed E-state index contributed by atoms with van der Waals surface area (Å²) in [6, 6.07) is 18.5. The molecule has 2 aromatic carbocycles. The third kappa shape index (κ3) is 2.67. The molecule has 1 N–H and O–H groups in total. The Hall–Kier alpha value is -2.68. The maximum Gasteiger partial charge on any atom is 0.225 e. The van der Waals surface area contributed by atoms with Crippen molar-refractivity contribution in [2.75, 3.05) is 0 Å². The van der Waals surface area contributed by atoms with Crippen LogP contribution in [0.2, 0.25) is 0 Å². The van der Waals surface area contributed by atoms with Gasteiger partial charge in [0.25, 0.3) is 0 Å². The Labute approximate surface area is 141 Å². The zero-order valence-electron chi connectivity index (χ0n) is 13.4. The fourth-order valence-electron chi connectivity index (χ4n) is 3.73. The summed E-state index contributed by atoms with van der Waals surface area (Å²) in [6.07, 6.45) is 2.57. The number of benzene rings is 2. The lowest BCUT2D eigenvalue weighted by atomic mass is 9.78. The van der Waals surface area contributed by atoms with Crippen molar-refractivity contribution in [3.63, 3.8) is 0 Å². The Bertz CT molecular complexity index is 819. The topological polar surface area (TPSA) is 46.2 Å². The molecule has 0 bridgehead atoms. The van der Waals surface area contributed by atoms with Gasteiger partial charge in [0.15, 0.2) is 5.78 Å². The van der Waals surface area contributed by atoms with Crippen molar-refractivity contribution in [1.29, 1.82) is 0 Å². The van der Waals surface area contributed by atoms with E-state index < -0.39 is 0 Å². The molecule has 1 aliphatic heterocycles. The first-order valence-electron chi connectivity index (χ1n) is 8.44. The highest BCUT2D eigenvalue weighted by Crippen LogP contribution is 2.38. The average Bonchev–Trinajstić information content (AvgIpc) is 2.62. The van der Waals surface area contributed by atoms with Crippen LogP contribution in [0.1, 0.15) is 37.2 Å². The third-order valence-corrected chi connectivity index (χ3v) is 4.90. The number of ketones is 1. The van der Waals surface area contributed by atoms with E-state index in [1.54, 1.807) is 0 Å². The van der Waals surface area contributed by atoms with Gasteiger partial charge in [0.05, 0.1) is 0 Å². The summed E-state index contributed by atoms with van der Waals surface area (Å²) in [7, 11) is 0. The number of nitrogens with one attached hydrogen (secondary N) is 1. The molecule has 0 saturated carbocycles. The predicted molar refractivity (Wildman–Crippen MR) is 93.3 cm³/mol. The molecule has 3 heteroatoms. The fraction of sp³-hybridized carbons (Fsp3) is 0.238. The van der Waals surface area contributed by atoms with Crippen LogP contribution in [0.4, 0.5) is 0 Å². The second kappa shape index (κ2) is 6.08. The monoisotopic (exact) mass is 317 g/mol. The highest BCUT2D eigenvalue weighted by atomic mass is 16.2. The molecule has 1 heterocycles. The van der Waals surface area contributed by atoms with Crippen LogP contribution in [0, 0.1) is 0 Å². The summed E-state index contributed by atoms with van der Waals surface area (Å²) in [5.41, 5.74) is 5.03. The van der Waals surface area contributed by atoms with E-state index in [1.807, 2.05) is 18.2 Å². The van der Waals surface area contributed by atoms with Crippen LogP contribution >= 0.6 is 0 Å². The molecule has 1 unspecified atom stereocenters. The quantitative estimate of drug-likeness (QED) is 0.911. The summed E-state index contributed by atoms with van der Waals surface area (Å²) in [5, 5.41) is 2.91. The Morgan fingerprint density at radius 1 is 0.833 bits per heavy atom. The number of rotatable bonds is 2. The smallest absolute Gasteiger partial charge is 0.225 e. The average molecular weight is 317 g/mol. The fourth-order valence-corrected chi connectivity index (χ4v) is 3.73. The minimum Gasteiger partial charge on any atom is -0.329 e. The van der Waals surface area contributed by atoms with Crippen LogP contribution in [-0.4, -0.2) is 11.7 Å². The molecule has 0 fully saturated rings. The second-order valence-electron chi connectivity index (χ2n) is 6.46. The number of hydrogen-bond donors (Lipinski definition) is 1. The highest BCUT2D eigenvalue weighted by Gasteiger charge is 2.34. The van der Waals surface area contributed by atoms with Gasteiger partial charge in [-0.3, -0.25) is 9.59 Å². The van der Waals surface area contributed by atoms with E-state index in [9.17, 15) is 9.59 Å². The SMILES string of the molecule is O=C1CC(c2ccc(-c3ccccc3)cc2)C2=C(CCCC2=O)N1. The number of Topliss-reactive ketones (excluding diaryl/α,β-unsaturated/α-hetero) is 1. The molecule has 0 radical (unpaired) electrons. The van der Waals surface area contributed by atoms with Gasteiger partial charge in [-0.2, -0.15) is 0 Å². The first-order chi connectivity index (χ1) is 11.7. The molecule has 2 aromatic rings. The van der Waals surface area contributed by atoms with Crippen LogP contribution in [0.15, 0.2) is 65.9 Å². The van der Waals surface area contributed by atoms with Crippen molar-refractivity contribution >= 4 is 11.7 Å². The van der Waals surface area contributed by atoms with Crippen LogP contribution in [0.3, 0.4) is 0 Å². The minimum atomic E-state index is -0.105. The largest absolute Gasteiger partial charge is 0.329 e. The maximum atomic E-state index is 12.4. The number of carbonyl (C=O) groups is 2. The van der Waals surface area contributed by atoms with E-state index >= 15 is 0 Å². The highest BCUT2D eigenvalue weighted by molar-refractivity contribution is 6.01. The van der Waals surface area contributed by atoms with Crippen molar-refractivity contribution in [3.8, 4) is 11.1 Å². The summed E-state index contributed by atoms with van der Waals surface area (Å²) < 4.78 is 0. The van der Waals surface area contributed by atoms with Crippen LogP contribution in [-0.2, 0) is 9.59 Å². The number of carbonyl (C=O) groups excluding carboxylic acids is 2. The molecule has 2 aliphatic rings. The Balaban J connectivity index is 1.70. The van der Waals surface area contributed by atoms with Gasteiger partial charge >= 0.3 is 0 Å². The number of allylic oxidation sites excluding steroid dienone is 2. The van der Waals surface area contributed by atoms with Gasteiger partial charge in [-0.1, -0.05) is 54.6 Å². The molecule has 1 aliphatic carbocycles. The van der Waals surface area contributed by atoms with E-state index in [4.69, 9.17) is 0 Å². The molecule has 0 aromatic heterocycles. The van der Waals surface area contributed by atoms with E-state index in [2.05, 4.69) is 41.7 Å². The summed E-state index contributed by atoms with van der Waals surface area (Å²) >= 11 is 0. The van der Waals surface area contributed by atoms with Gasteiger partial charge in [0.1, 0.15) is 0 Å². The van der Waals surface area contributed by atoms with Gasteiger partial charge < -0.3 is 5.32 Å². The van der Waals surface area contributed by atoms with Gasteiger partial charge in [-0.15, -0.1) is 0 Å². The van der Waals surface area contributed by atoms with Crippen molar-refractivity contribution < 1.29 is 9.59 Å². The van der Waals surface area contributed by atoms with Crippen LogP contribution < -0.4 is 5.32 Å². The standard InChI is InChI=1S/C21H19NO2/c23-19-8-4-7-18-21(19)17(13-20(24)22-18)16-11-9-15(10-12-16)14-5-2-1-3-6-14/h1-3,5-6,9-12,17H,4,7-8,13H2,(H,22,24). The van der Waals surface area contributed by atoms with E-state index in [-0.39, 0.29) is 17.6 Å². The first kappa shape index (κ1) is 14.9. The Morgan fingerprint density at radius 3 is 2.29 bits per heavy atom. The van der Waals surface area contributed by atoms with E-state index in [1.165, 1.54) is 5.56 Å². The van der Waals surface area contributed by atoms with Crippen LogP contribution in [0.25, 0.3) is 11.1 Å². The van der Waals surface area contributed by atoms with Gasteiger partial charge in [0.2, 0.25) is 5.91 Å². The third-order valence-electron chi connectivity index (χ3n) is 4.90. The lowest BCUT2D eigenvalue weighted by Crippen LogP contribution is -2.36. The molecular weight excluding hydrogens is 298 g/mol. The first-order valence-corrected chi connectivity index (χ1v) is 8.44. The summed E-state index contributed by atoms with van der Waals surface area (Å²) in [4.78, 5) is 24.4. The van der Waals surface area contributed by atoms with E-state index in [0.717, 1.165) is 35.2 Å². The zero-order valence-corrected chi connectivity index (χ0v) is 13.4. The maximum absolute atomic E-state index is 12.4. The lowest BCUT2D eigenvalue weighted by molar-refractivity contribution is -0.122. The molecule has 120 valence electrons. The summed E-state index contributed by atoms with van der Waals surface area (Å²) in [6.45, 7) is 0. The van der Waals surface area contributed by atoms with Gasteiger partial charge in [-0.05, 0) is 29.5 Å². The zero-order chi connectivity index (χ0) is 16.5. The minimum absolute atomic E-state index is 0.0144. The predicted octanol–water partition coefficient (Wildman–Crippen LogP) is 3.96. The van der Waals surface area contributed by atoms with Crippen molar-refractivity contribution in [3.05, 3.63) is 71.4 Å². The van der Waals surface area contributed by atoms with Gasteiger partial charge in [-0.25, -0.2) is 0 Å². The van der Waals surface area contributed by atoms with Crippen molar-refractivity contribution in [1.82, 2.24) is 5.32 Å². The molecular formula is C21H19NO2.